The van der Waals surface area contributed by atoms with Crippen molar-refractivity contribution in [2.75, 3.05) is 19.0 Å². The highest BCUT2D eigenvalue weighted by atomic mass is 32.1. The van der Waals surface area contributed by atoms with Crippen molar-refractivity contribution in [3.05, 3.63) is 18.2 Å². The average molecular weight is 293 g/mol. The van der Waals surface area contributed by atoms with Gasteiger partial charge in [0.15, 0.2) is 5.13 Å². The van der Waals surface area contributed by atoms with Crippen LogP contribution in [0.3, 0.4) is 0 Å². The Morgan fingerprint density at radius 2 is 2.15 bits per heavy atom. The lowest BCUT2D eigenvalue weighted by Gasteiger charge is -2.02. The number of amides is 2. The Kier molecular flexibility index (Phi) is 4.52. The van der Waals surface area contributed by atoms with Gasteiger partial charge in [0.25, 0.3) is 0 Å². The third kappa shape index (κ3) is 3.45. The summed E-state index contributed by atoms with van der Waals surface area (Å²) in [6, 6.07) is 5.51. The van der Waals surface area contributed by atoms with Crippen molar-refractivity contribution in [2.45, 2.75) is 13.3 Å². The molecule has 2 rings (SSSR count). The van der Waals surface area contributed by atoms with Gasteiger partial charge in [0.1, 0.15) is 5.75 Å². The van der Waals surface area contributed by atoms with Crippen LogP contribution in [0.25, 0.3) is 10.2 Å². The van der Waals surface area contributed by atoms with Gasteiger partial charge in [0, 0.05) is 6.42 Å². The first-order chi connectivity index (χ1) is 9.62. The minimum absolute atomic E-state index is 0.0497. The number of rotatable bonds is 5. The molecule has 0 radical (unpaired) electrons. The van der Waals surface area contributed by atoms with Crippen molar-refractivity contribution >= 4 is 38.5 Å². The summed E-state index contributed by atoms with van der Waals surface area (Å²) < 4.78 is 6.06. The van der Waals surface area contributed by atoms with Gasteiger partial charge in [0.2, 0.25) is 11.8 Å². The fraction of sp³-hybridized carbons (Fsp3) is 0.308. The fourth-order valence-electron chi connectivity index (χ4n) is 1.55. The molecule has 6 nitrogen and oxygen atoms in total. The molecule has 2 N–H and O–H groups in total. The number of anilines is 1. The summed E-state index contributed by atoms with van der Waals surface area (Å²) in [7, 11) is 1.60. The predicted octanol–water partition coefficient (Wildman–Crippen LogP) is 1.77. The molecule has 0 saturated carbocycles. The number of benzene rings is 1. The van der Waals surface area contributed by atoms with E-state index in [1.807, 2.05) is 18.2 Å². The number of thiazole rings is 1. The molecule has 106 valence electrons. The van der Waals surface area contributed by atoms with Crippen LogP contribution < -0.4 is 15.4 Å². The number of hydrogen-bond donors (Lipinski definition) is 2. The smallest absolute Gasteiger partial charge is 0.245 e. The van der Waals surface area contributed by atoms with Crippen LogP contribution in [0.2, 0.25) is 0 Å². The Labute approximate surface area is 120 Å². The van der Waals surface area contributed by atoms with Crippen molar-refractivity contribution in [1.82, 2.24) is 10.3 Å². The molecule has 0 bridgehead atoms. The van der Waals surface area contributed by atoms with E-state index in [0.717, 1.165) is 16.0 Å². The van der Waals surface area contributed by atoms with Gasteiger partial charge < -0.3 is 15.4 Å². The minimum Gasteiger partial charge on any atom is -0.497 e. The molecule has 7 heteroatoms. The first-order valence-electron chi connectivity index (χ1n) is 6.13. The van der Waals surface area contributed by atoms with Crippen LogP contribution in [-0.2, 0) is 9.59 Å². The molecular formula is C13H15N3O3S. The third-order valence-electron chi connectivity index (χ3n) is 2.61. The van der Waals surface area contributed by atoms with E-state index in [1.54, 1.807) is 14.0 Å². The highest BCUT2D eigenvalue weighted by molar-refractivity contribution is 7.22. The Morgan fingerprint density at radius 3 is 2.85 bits per heavy atom. The number of methoxy groups -OCH3 is 1. The van der Waals surface area contributed by atoms with Gasteiger partial charge in [-0.3, -0.25) is 9.59 Å². The van der Waals surface area contributed by atoms with Gasteiger partial charge in [-0.15, -0.1) is 0 Å². The lowest BCUT2D eigenvalue weighted by Crippen LogP contribution is -2.32. The van der Waals surface area contributed by atoms with Crippen LogP contribution in [0.5, 0.6) is 5.75 Å². The molecule has 0 unspecified atom stereocenters. The third-order valence-corrected chi connectivity index (χ3v) is 3.54. The summed E-state index contributed by atoms with van der Waals surface area (Å²) in [5.41, 5.74) is 0.795. The van der Waals surface area contributed by atoms with Crippen LogP contribution in [-0.4, -0.2) is 30.5 Å². The molecule has 20 heavy (non-hydrogen) atoms. The summed E-state index contributed by atoms with van der Waals surface area (Å²) in [5.74, 6) is 0.293. The van der Waals surface area contributed by atoms with E-state index in [-0.39, 0.29) is 18.4 Å². The quantitative estimate of drug-likeness (QED) is 0.880. The van der Waals surface area contributed by atoms with Crippen molar-refractivity contribution in [3.63, 3.8) is 0 Å². The van der Waals surface area contributed by atoms with Crippen LogP contribution >= 0.6 is 11.3 Å². The maximum atomic E-state index is 11.6. The van der Waals surface area contributed by atoms with Gasteiger partial charge in [-0.05, 0) is 18.2 Å². The molecule has 0 aliphatic heterocycles. The molecular weight excluding hydrogens is 278 g/mol. The molecule has 1 aromatic heterocycles. The first kappa shape index (κ1) is 14.3. The summed E-state index contributed by atoms with van der Waals surface area (Å²) in [6.45, 7) is 1.68. The number of fused-ring (bicyclic) bond motifs is 1. The average Bonchev–Trinajstić information content (AvgIpc) is 2.85. The van der Waals surface area contributed by atoms with E-state index in [0.29, 0.717) is 11.6 Å². The Morgan fingerprint density at radius 1 is 1.35 bits per heavy atom. The van der Waals surface area contributed by atoms with E-state index < -0.39 is 0 Å². The highest BCUT2D eigenvalue weighted by Crippen LogP contribution is 2.28. The van der Waals surface area contributed by atoms with Crippen LogP contribution in [0.15, 0.2) is 18.2 Å². The van der Waals surface area contributed by atoms with E-state index in [2.05, 4.69) is 15.6 Å². The van der Waals surface area contributed by atoms with E-state index >= 15 is 0 Å². The van der Waals surface area contributed by atoms with Crippen LogP contribution in [0.1, 0.15) is 13.3 Å². The topological polar surface area (TPSA) is 80.3 Å². The number of carbonyl (C=O) groups is 2. The summed E-state index contributed by atoms with van der Waals surface area (Å²) in [4.78, 5) is 27.0. The Bertz CT molecular complexity index is 639. The first-order valence-corrected chi connectivity index (χ1v) is 6.95. The van der Waals surface area contributed by atoms with Gasteiger partial charge in [-0.2, -0.15) is 0 Å². The molecule has 0 aliphatic carbocycles. The largest absolute Gasteiger partial charge is 0.497 e. The van der Waals surface area contributed by atoms with Gasteiger partial charge in [0.05, 0.1) is 23.9 Å². The molecule has 0 spiro atoms. The highest BCUT2D eigenvalue weighted by Gasteiger charge is 2.09. The maximum absolute atomic E-state index is 11.6. The zero-order valence-corrected chi connectivity index (χ0v) is 12.0. The fourth-order valence-corrected chi connectivity index (χ4v) is 2.46. The molecule has 0 atom stereocenters. The van der Waals surface area contributed by atoms with Crippen molar-refractivity contribution < 1.29 is 14.3 Å². The van der Waals surface area contributed by atoms with E-state index in [1.165, 1.54) is 11.3 Å². The predicted molar refractivity (Wildman–Crippen MR) is 78.1 cm³/mol. The molecule has 1 aromatic carbocycles. The monoisotopic (exact) mass is 293 g/mol. The van der Waals surface area contributed by atoms with Gasteiger partial charge in [-0.1, -0.05) is 18.3 Å². The number of nitrogens with zero attached hydrogens (tertiary/aromatic N) is 1. The molecule has 0 aliphatic rings. The van der Waals surface area contributed by atoms with Crippen LogP contribution in [0, 0.1) is 0 Å². The second-order valence-corrected chi connectivity index (χ2v) is 5.06. The number of ether oxygens (including phenoxy) is 1. The van der Waals surface area contributed by atoms with Crippen molar-refractivity contribution in [3.8, 4) is 5.75 Å². The lowest BCUT2D eigenvalue weighted by molar-refractivity contribution is -0.123. The molecule has 1 heterocycles. The summed E-state index contributed by atoms with van der Waals surface area (Å²) >= 11 is 1.36. The molecule has 0 fully saturated rings. The normalized spacial score (nSPS) is 10.3. The lowest BCUT2D eigenvalue weighted by atomic mass is 10.3. The van der Waals surface area contributed by atoms with Crippen LogP contribution in [0.4, 0.5) is 5.13 Å². The zero-order valence-electron chi connectivity index (χ0n) is 11.2. The minimum atomic E-state index is -0.294. The number of aromatic nitrogens is 1. The second-order valence-electron chi connectivity index (χ2n) is 4.03. The van der Waals surface area contributed by atoms with Crippen molar-refractivity contribution in [2.24, 2.45) is 0 Å². The Balaban J connectivity index is 2.02. The zero-order chi connectivity index (χ0) is 14.5. The van der Waals surface area contributed by atoms with E-state index in [4.69, 9.17) is 4.74 Å². The SMILES string of the molecule is CCC(=O)NCC(=O)Nc1nc2ccc(OC)cc2s1. The summed E-state index contributed by atoms with van der Waals surface area (Å²) in [6.07, 6.45) is 0.355. The second kappa shape index (κ2) is 6.33. The molecule has 2 aromatic rings. The van der Waals surface area contributed by atoms with Gasteiger partial charge >= 0.3 is 0 Å². The van der Waals surface area contributed by atoms with Gasteiger partial charge in [-0.25, -0.2) is 4.98 Å². The van der Waals surface area contributed by atoms with E-state index in [9.17, 15) is 9.59 Å². The number of hydrogen-bond acceptors (Lipinski definition) is 5. The van der Waals surface area contributed by atoms with Crippen molar-refractivity contribution in [1.29, 1.82) is 0 Å². The number of nitrogens with one attached hydrogen (secondary N) is 2. The Hall–Kier alpha value is -2.15. The summed E-state index contributed by atoms with van der Waals surface area (Å²) in [5, 5.41) is 5.68. The standard InChI is InChI=1S/C13H15N3O3S/c1-3-11(17)14-7-12(18)16-13-15-9-5-4-8(19-2)6-10(9)20-13/h4-6H,3,7H2,1-2H3,(H,14,17)(H,15,16,18). The molecule has 0 saturated heterocycles. The number of carbonyl (C=O) groups excluding carboxylic acids is 2. The maximum Gasteiger partial charge on any atom is 0.245 e. The molecule has 2 amide bonds.